The van der Waals surface area contributed by atoms with Gasteiger partial charge in [-0.2, -0.15) is 5.26 Å². The number of carbonyl (C=O) groups is 1. The molecule has 5 rings (SSSR count). The van der Waals surface area contributed by atoms with E-state index in [1.165, 1.54) is 16.8 Å². The van der Waals surface area contributed by atoms with Gasteiger partial charge in [-0.05, 0) is 60.9 Å². The van der Waals surface area contributed by atoms with Crippen LogP contribution in [0.2, 0.25) is 0 Å². The lowest BCUT2D eigenvalue weighted by atomic mass is 9.98. The quantitative estimate of drug-likeness (QED) is 0.525. The van der Waals surface area contributed by atoms with Crippen molar-refractivity contribution in [2.45, 2.75) is 20.4 Å². The van der Waals surface area contributed by atoms with Crippen LogP contribution < -0.4 is 9.80 Å². The largest absolute Gasteiger partial charge is 0.369 e. The molecule has 6 nitrogen and oxygen atoms in total. The normalized spacial score (nSPS) is 16.5. The highest BCUT2D eigenvalue weighted by molar-refractivity contribution is 5.96. The van der Waals surface area contributed by atoms with Crippen LogP contribution in [-0.4, -0.2) is 68.1 Å². The molecule has 3 aromatic carbocycles. The van der Waals surface area contributed by atoms with Crippen molar-refractivity contribution < 1.29 is 4.79 Å². The maximum absolute atomic E-state index is 13.6. The number of hydrogen-bond acceptors (Lipinski definition) is 5. The third-order valence-corrected chi connectivity index (χ3v) is 7.73. The van der Waals surface area contributed by atoms with E-state index in [-0.39, 0.29) is 5.91 Å². The standard InChI is InChI=1S/C31H35N5O/c1-24-20-25(2)29(21-27(24)23-33-12-14-34(15-13-33)28-9-4-3-5-10-28)31(37)36-18-16-35(17-19-36)30-11-7-6-8-26(30)22-32/h3-11,20-21H,12-19,23H2,1-2H3. The summed E-state index contributed by atoms with van der Waals surface area (Å²) in [6, 6.07) is 24.9. The fraction of sp³-hybridized carbons (Fsp3) is 0.355. The summed E-state index contributed by atoms with van der Waals surface area (Å²) in [6.45, 7) is 11.9. The molecule has 0 spiro atoms. The first-order chi connectivity index (χ1) is 18.0. The Morgan fingerprint density at radius 1 is 0.784 bits per heavy atom. The maximum atomic E-state index is 13.6. The third-order valence-electron chi connectivity index (χ3n) is 7.73. The molecule has 2 heterocycles. The SMILES string of the molecule is Cc1cc(C)c(C(=O)N2CCN(c3ccccc3C#N)CC2)cc1CN1CCN(c2ccccc2)CC1. The van der Waals surface area contributed by atoms with Gasteiger partial charge in [0.05, 0.1) is 11.3 Å². The molecule has 0 aliphatic carbocycles. The minimum Gasteiger partial charge on any atom is -0.369 e. The van der Waals surface area contributed by atoms with E-state index in [0.717, 1.165) is 62.6 Å². The molecule has 190 valence electrons. The predicted molar refractivity (Wildman–Crippen MR) is 149 cm³/mol. The first kappa shape index (κ1) is 24.9. The molecule has 0 aromatic heterocycles. The van der Waals surface area contributed by atoms with E-state index in [4.69, 9.17) is 0 Å². The highest BCUT2D eigenvalue weighted by Gasteiger charge is 2.25. The number of carbonyl (C=O) groups excluding carboxylic acids is 1. The van der Waals surface area contributed by atoms with Crippen LogP contribution in [0.1, 0.15) is 32.6 Å². The highest BCUT2D eigenvalue weighted by Crippen LogP contribution is 2.24. The fourth-order valence-corrected chi connectivity index (χ4v) is 5.51. The van der Waals surface area contributed by atoms with Crippen LogP contribution in [0.3, 0.4) is 0 Å². The first-order valence-corrected chi connectivity index (χ1v) is 13.2. The van der Waals surface area contributed by atoms with Gasteiger partial charge in [0, 0.05) is 70.2 Å². The number of anilines is 2. The Kier molecular flexibility index (Phi) is 7.43. The summed E-state index contributed by atoms with van der Waals surface area (Å²) >= 11 is 0. The van der Waals surface area contributed by atoms with Gasteiger partial charge in [0.2, 0.25) is 0 Å². The molecular weight excluding hydrogens is 458 g/mol. The smallest absolute Gasteiger partial charge is 0.254 e. The predicted octanol–water partition coefficient (Wildman–Crippen LogP) is 4.46. The van der Waals surface area contributed by atoms with E-state index in [1.54, 1.807) is 0 Å². The molecule has 2 aliphatic heterocycles. The van der Waals surface area contributed by atoms with Crippen molar-refractivity contribution in [3.63, 3.8) is 0 Å². The number of piperazine rings is 2. The Bertz CT molecular complexity index is 1280. The second-order valence-electron chi connectivity index (χ2n) is 10.1. The zero-order valence-electron chi connectivity index (χ0n) is 21.9. The van der Waals surface area contributed by atoms with Crippen molar-refractivity contribution in [3.8, 4) is 6.07 Å². The Hall–Kier alpha value is -3.82. The van der Waals surface area contributed by atoms with Crippen LogP contribution in [0.5, 0.6) is 0 Å². The molecular formula is C31H35N5O. The summed E-state index contributed by atoms with van der Waals surface area (Å²) in [6.07, 6.45) is 0. The minimum atomic E-state index is 0.112. The number of hydrogen-bond donors (Lipinski definition) is 0. The number of nitriles is 1. The number of para-hydroxylation sites is 2. The van der Waals surface area contributed by atoms with Crippen molar-refractivity contribution in [1.82, 2.24) is 9.80 Å². The third kappa shape index (κ3) is 5.47. The lowest BCUT2D eigenvalue weighted by Gasteiger charge is -2.37. The number of nitrogens with zero attached hydrogens (tertiary/aromatic N) is 5. The van der Waals surface area contributed by atoms with Crippen LogP contribution in [0.4, 0.5) is 11.4 Å². The van der Waals surface area contributed by atoms with Gasteiger partial charge in [0.1, 0.15) is 6.07 Å². The van der Waals surface area contributed by atoms with E-state index in [0.29, 0.717) is 18.7 Å². The Morgan fingerprint density at radius 2 is 1.43 bits per heavy atom. The van der Waals surface area contributed by atoms with Gasteiger partial charge < -0.3 is 14.7 Å². The molecule has 0 radical (unpaired) electrons. The Labute approximate surface area is 220 Å². The zero-order valence-corrected chi connectivity index (χ0v) is 21.9. The van der Waals surface area contributed by atoms with E-state index in [1.807, 2.05) is 36.1 Å². The van der Waals surface area contributed by atoms with Crippen LogP contribution in [-0.2, 0) is 6.54 Å². The lowest BCUT2D eigenvalue weighted by Crippen LogP contribution is -2.49. The molecule has 2 aliphatic rings. The molecule has 0 unspecified atom stereocenters. The Morgan fingerprint density at radius 3 is 2.14 bits per heavy atom. The molecule has 2 fully saturated rings. The molecule has 6 heteroatoms. The monoisotopic (exact) mass is 493 g/mol. The molecule has 1 amide bonds. The fourth-order valence-electron chi connectivity index (χ4n) is 5.51. The van der Waals surface area contributed by atoms with Crippen molar-refractivity contribution >= 4 is 17.3 Å². The van der Waals surface area contributed by atoms with Crippen molar-refractivity contribution in [2.24, 2.45) is 0 Å². The van der Waals surface area contributed by atoms with Gasteiger partial charge in [-0.15, -0.1) is 0 Å². The van der Waals surface area contributed by atoms with Crippen LogP contribution in [0, 0.1) is 25.2 Å². The summed E-state index contributed by atoms with van der Waals surface area (Å²) in [5.74, 6) is 0.112. The Balaban J connectivity index is 1.23. The summed E-state index contributed by atoms with van der Waals surface area (Å²) in [7, 11) is 0. The summed E-state index contributed by atoms with van der Waals surface area (Å²) in [4.78, 5) is 22.7. The van der Waals surface area contributed by atoms with Gasteiger partial charge in [0.25, 0.3) is 5.91 Å². The van der Waals surface area contributed by atoms with Gasteiger partial charge >= 0.3 is 0 Å². The molecule has 0 atom stereocenters. The van der Waals surface area contributed by atoms with E-state index < -0.39 is 0 Å². The maximum Gasteiger partial charge on any atom is 0.254 e. The second-order valence-corrected chi connectivity index (χ2v) is 10.1. The van der Waals surface area contributed by atoms with Crippen LogP contribution >= 0.6 is 0 Å². The zero-order chi connectivity index (χ0) is 25.8. The van der Waals surface area contributed by atoms with Gasteiger partial charge in [-0.3, -0.25) is 9.69 Å². The number of aryl methyl sites for hydroxylation is 2. The van der Waals surface area contributed by atoms with E-state index >= 15 is 0 Å². The van der Waals surface area contributed by atoms with Gasteiger partial charge in [-0.1, -0.05) is 36.4 Å². The summed E-state index contributed by atoms with van der Waals surface area (Å²) in [5.41, 5.74) is 7.27. The van der Waals surface area contributed by atoms with Crippen molar-refractivity contribution in [2.75, 3.05) is 62.2 Å². The van der Waals surface area contributed by atoms with E-state index in [2.05, 4.69) is 70.2 Å². The number of benzene rings is 3. The molecule has 3 aromatic rings. The van der Waals surface area contributed by atoms with Crippen molar-refractivity contribution in [3.05, 3.63) is 94.5 Å². The lowest BCUT2D eigenvalue weighted by molar-refractivity contribution is 0.0746. The number of amides is 1. The average molecular weight is 494 g/mol. The summed E-state index contributed by atoms with van der Waals surface area (Å²) < 4.78 is 0. The molecule has 2 saturated heterocycles. The minimum absolute atomic E-state index is 0.112. The highest BCUT2D eigenvalue weighted by atomic mass is 16.2. The van der Waals surface area contributed by atoms with Gasteiger partial charge in [-0.25, -0.2) is 0 Å². The average Bonchev–Trinajstić information content (AvgIpc) is 2.95. The topological polar surface area (TPSA) is 53.8 Å². The first-order valence-electron chi connectivity index (χ1n) is 13.2. The van der Waals surface area contributed by atoms with E-state index in [9.17, 15) is 10.1 Å². The molecule has 0 bridgehead atoms. The molecule has 0 saturated carbocycles. The molecule has 37 heavy (non-hydrogen) atoms. The van der Waals surface area contributed by atoms with Gasteiger partial charge in [0.15, 0.2) is 0 Å². The molecule has 0 N–H and O–H groups in total. The number of rotatable bonds is 5. The second kappa shape index (κ2) is 11.1. The van der Waals surface area contributed by atoms with Crippen LogP contribution in [0.25, 0.3) is 0 Å². The summed E-state index contributed by atoms with van der Waals surface area (Å²) in [5, 5.41) is 9.45. The van der Waals surface area contributed by atoms with Crippen molar-refractivity contribution in [1.29, 1.82) is 5.26 Å². The van der Waals surface area contributed by atoms with Crippen LogP contribution in [0.15, 0.2) is 66.7 Å².